The number of aliphatic carboxylic acids is 1. The maximum Gasteiger partial charge on any atom is 0.320 e. The molecule has 108 valence electrons. The van der Waals surface area contributed by atoms with E-state index in [0.29, 0.717) is 19.5 Å². The SMILES string of the molecule is CN(Cc1ccc(F)cc1)C(=O)N1CCC(C(=O)O)C1. The molecule has 0 aromatic heterocycles. The van der Waals surface area contributed by atoms with Crippen LogP contribution in [-0.2, 0) is 11.3 Å². The summed E-state index contributed by atoms with van der Waals surface area (Å²) in [6, 6.07) is 5.76. The fraction of sp³-hybridized carbons (Fsp3) is 0.429. The number of likely N-dealkylation sites (tertiary alicyclic amines) is 1. The number of rotatable bonds is 3. The average Bonchev–Trinajstić information content (AvgIpc) is 2.90. The molecule has 2 amide bonds. The van der Waals surface area contributed by atoms with Crippen LogP contribution in [0.5, 0.6) is 0 Å². The molecule has 1 saturated heterocycles. The minimum absolute atomic E-state index is 0.196. The van der Waals surface area contributed by atoms with Gasteiger partial charge in [0.1, 0.15) is 5.82 Å². The van der Waals surface area contributed by atoms with E-state index in [4.69, 9.17) is 5.11 Å². The first kappa shape index (κ1) is 14.3. The first-order chi connectivity index (χ1) is 9.47. The van der Waals surface area contributed by atoms with Crippen molar-refractivity contribution >= 4 is 12.0 Å². The molecular weight excluding hydrogens is 263 g/mol. The van der Waals surface area contributed by atoms with Crippen LogP contribution in [-0.4, -0.2) is 47.0 Å². The van der Waals surface area contributed by atoms with Gasteiger partial charge < -0.3 is 14.9 Å². The Morgan fingerprint density at radius 2 is 2.05 bits per heavy atom. The Bertz CT molecular complexity index is 504. The largest absolute Gasteiger partial charge is 0.481 e. The fourth-order valence-corrected chi connectivity index (χ4v) is 2.31. The van der Waals surface area contributed by atoms with Crippen LogP contribution in [0.3, 0.4) is 0 Å². The molecule has 1 heterocycles. The molecule has 1 atom stereocenters. The summed E-state index contributed by atoms with van der Waals surface area (Å²) >= 11 is 0. The number of carboxylic acid groups (broad SMARTS) is 1. The van der Waals surface area contributed by atoms with E-state index in [-0.39, 0.29) is 18.4 Å². The summed E-state index contributed by atoms with van der Waals surface area (Å²) in [6.45, 7) is 1.08. The molecule has 0 radical (unpaired) electrons. The Hall–Kier alpha value is -2.11. The molecule has 20 heavy (non-hydrogen) atoms. The molecule has 1 N–H and O–H groups in total. The van der Waals surface area contributed by atoms with E-state index >= 15 is 0 Å². The summed E-state index contributed by atoms with van der Waals surface area (Å²) in [5, 5.41) is 8.93. The first-order valence-electron chi connectivity index (χ1n) is 6.44. The van der Waals surface area contributed by atoms with E-state index in [1.807, 2.05) is 0 Å². The highest BCUT2D eigenvalue weighted by Gasteiger charge is 2.32. The highest BCUT2D eigenvalue weighted by Crippen LogP contribution is 2.18. The van der Waals surface area contributed by atoms with Crippen LogP contribution in [0, 0.1) is 11.7 Å². The van der Waals surface area contributed by atoms with E-state index < -0.39 is 11.9 Å². The zero-order valence-corrected chi connectivity index (χ0v) is 11.3. The van der Waals surface area contributed by atoms with Gasteiger partial charge in [-0.15, -0.1) is 0 Å². The lowest BCUT2D eigenvalue weighted by Gasteiger charge is -2.24. The molecule has 0 saturated carbocycles. The normalized spacial score (nSPS) is 18.1. The summed E-state index contributed by atoms with van der Waals surface area (Å²) in [7, 11) is 1.65. The molecule has 0 bridgehead atoms. The standard InChI is InChI=1S/C14H17FN2O3/c1-16(8-10-2-4-12(15)5-3-10)14(20)17-7-6-11(9-17)13(18)19/h2-5,11H,6-9H2,1H3,(H,18,19). The summed E-state index contributed by atoms with van der Waals surface area (Å²) < 4.78 is 12.8. The number of carboxylic acids is 1. The second-order valence-electron chi connectivity index (χ2n) is 5.03. The molecule has 1 aliphatic heterocycles. The smallest absolute Gasteiger partial charge is 0.320 e. The number of carbonyl (C=O) groups excluding carboxylic acids is 1. The molecule has 1 aliphatic rings. The topological polar surface area (TPSA) is 60.9 Å². The minimum Gasteiger partial charge on any atom is -0.481 e. The molecule has 1 aromatic rings. The highest BCUT2D eigenvalue weighted by atomic mass is 19.1. The third-order valence-corrected chi connectivity index (χ3v) is 3.47. The van der Waals surface area contributed by atoms with Gasteiger partial charge in [-0.25, -0.2) is 9.18 Å². The number of urea groups is 1. The van der Waals surface area contributed by atoms with Gasteiger partial charge in [-0.1, -0.05) is 12.1 Å². The molecule has 1 aromatic carbocycles. The number of benzene rings is 1. The third kappa shape index (κ3) is 3.26. The van der Waals surface area contributed by atoms with E-state index in [2.05, 4.69) is 0 Å². The lowest BCUT2D eigenvalue weighted by Crippen LogP contribution is -2.39. The van der Waals surface area contributed by atoms with Gasteiger partial charge in [-0.05, 0) is 24.1 Å². The van der Waals surface area contributed by atoms with E-state index in [9.17, 15) is 14.0 Å². The summed E-state index contributed by atoms with van der Waals surface area (Å²) in [6.07, 6.45) is 0.492. The van der Waals surface area contributed by atoms with Crippen molar-refractivity contribution in [1.29, 1.82) is 0 Å². The van der Waals surface area contributed by atoms with Crippen molar-refractivity contribution in [3.05, 3.63) is 35.6 Å². The Morgan fingerprint density at radius 3 is 2.60 bits per heavy atom. The van der Waals surface area contributed by atoms with Gasteiger partial charge in [-0.3, -0.25) is 4.79 Å². The molecule has 0 aliphatic carbocycles. The zero-order chi connectivity index (χ0) is 14.7. The number of hydrogen-bond acceptors (Lipinski definition) is 2. The number of hydrogen-bond donors (Lipinski definition) is 1. The monoisotopic (exact) mass is 280 g/mol. The minimum atomic E-state index is -0.860. The number of carbonyl (C=O) groups is 2. The third-order valence-electron chi connectivity index (χ3n) is 3.47. The quantitative estimate of drug-likeness (QED) is 0.918. The molecule has 2 rings (SSSR count). The van der Waals surface area contributed by atoms with Crippen molar-refractivity contribution in [3.63, 3.8) is 0 Å². The molecule has 1 fully saturated rings. The Morgan fingerprint density at radius 1 is 1.40 bits per heavy atom. The van der Waals surface area contributed by atoms with Crippen LogP contribution in [0.1, 0.15) is 12.0 Å². The van der Waals surface area contributed by atoms with Crippen LogP contribution in [0.4, 0.5) is 9.18 Å². The van der Waals surface area contributed by atoms with E-state index in [1.54, 1.807) is 24.1 Å². The van der Waals surface area contributed by atoms with Crippen molar-refractivity contribution in [2.24, 2.45) is 5.92 Å². The Labute approximate surface area is 116 Å². The molecule has 0 spiro atoms. The van der Waals surface area contributed by atoms with Crippen LogP contribution >= 0.6 is 0 Å². The number of amides is 2. The number of halogens is 1. The Kier molecular flexibility index (Phi) is 4.22. The van der Waals surface area contributed by atoms with Crippen LogP contribution in [0.15, 0.2) is 24.3 Å². The summed E-state index contributed by atoms with van der Waals surface area (Å²) in [5.41, 5.74) is 0.830. The van der Waals surface area contributed by atoms with Crippen LogP contribution in [0.2, 0.25) is 0 Å². The van der Waals surface area contributed by atoms with Crippen molar-refractivity contribution in [3.8, 4) is 0 Å². The van der Waals surface area contributed by atoms with Crippen molar-refractivity contribution in [1.82, 2.24) is 9.80 Å². The van der Waals surface area contributed by atoms with Crippen molar-refractivity contribution in [2.45, 2.75) is 13.0 Å². The van der Waals surface area contributed by atoms with Crippen LogP contribution in [0.25, 0.3) is 0 Å². The van der Waals surface area contributed by atoms with Crippen molar-refractivity contribution in [2.75, 3.05) is 20.1 Å². The van der Waals surface area contributed by atoms with Crippen molar-refractivity contribution < 1.29 is 19.1 Å². The molecule has 1 unspecified atom stereocenters. The van der Waals surface area contributed by atoms with E-state index in [1.165, 1.54) is 17.0 Å². The van der Waals surface area contributed by atoms with Gasteiger partial charge in [0.25, 0.3) is 0 Å². The molecule has 5 nitrogen and oxygen atoms in total. The van der Waals surface area contributed by atoms with E-state index in [0.717, 1.165) is 5.56 Å². The predicted octanol–water partition coefficient (Wildman–Crippen LogP) is 1.78. The van der Waals surface area contributed by atoms with Gasteiger partial charge >= 0.3 is 12.0 Å². The zero-order valence-electron chi connectivity index (χ0n) is 11.3. The molecular formula is C14H17FN2O3. The van der Waals surface area contributed by atoms with Crippen LogP contribution < -0.4 is 0 Å². The highest BCUT2D eigenvalue weighted by molar-refractivity contribution is 5.77. The Balaban J connectivity index is 1.92. The number of nitrogens with zero attached hydrogens (tertiary/aromatic N) is 2. The second kappa shape index (κ2) is 5.90. The lowest BCUT2D eigenvalue weighted by molar-refractivity contribution is -0.141. The second-order valence-corrected chi connectivity index (χ2v) is 5.03. The average molecular weight is 280 g/mol. The first-order valence-corrected chi connectivity index (χ1v) is 6.44. The summed E-state index contributed by atoms with van der Waals surface area (Å²) in [4.78, 5) is 26.1. The van der Waals surface area contributed by atoms with Gasteiger partial charge in [-0.2, -0.15) is 0 Å². The molecule has 6 heteroatoms. The lowest BCUT2D eigenvalue weighted by atomic mass is 10.1. The maximum atomic E-state index is 12.8. The van der Waals surface area contributed by atoms with Gasteiger partial charge in [0.05, 0.1) is 5.92 Å². The predicted molar refractivity (Wildman–Crippen MR) is 70.6 cm³/mol. The summed E-state index contributed by atoms with van der Waals surface area (Å²) in [5.74, 6) is -1.65. The maximum absolute atomic E-state index is 12.8. The van der Waals surface area contributed by atoms with Gasteiger partial charge in [0.15, 0.2) is 0 Å². The van der Waals surface area contributed by atoms with Gasteiger partial charge in [0.2, 0.25) is 0 Å². The van der Waals surface area contributed by atoms with Gasteiger partial charge in [0, 0.05) is 26.7 Å². The fourth-order valence-electron chi connectivity index (χ4n) is 2.31.